The smallest absolute Gasteiger partial charge is 0.463 e. The van der Waals surface area contributed by atoms with Crippen molar-refractivity contribution in [2.75, 3.05) is 33.4 Å². The van der Waals surface area contributed by atoms with E-state index in [2.05, 4.69) is 81.3 Å². The number of unbranched alkanes of at least 4 members (excludes halogenated alkanes) is 21. The van der Waals surface area contributed by atoms with Gasteiger partial charge in [-0.3, -0.25) is 9.59 Å². The number of piperidine rings is 1. The van der Waals surface area contributed by atoms with Crippen molar-refractivity contribution in [3.8, 4) is 0 Å². The van der Waals surface area contributed by atoms with Crippen LogP contribution in [0.2, 0.25) is 0 Å². The zero-order valence-corrected chi connectivity index (χ0v) is 44.2. The summed E-state index contributed by atoms with van der Waals surface area (Å²) in [5.41, 5.74) is 0. The largest absolute Gasteiger partial charge is 0.508 e. The van der Waals surface area contributed by atoms with Crippen LogP contribution < -0.4 is 0 Å². The standard InChI is InChI=1S/C58H103NO9/c1-5-8-11-14-17-19-21-23-25-27-29-31-33-36-39-42-55(60)64-50-54(51-65-56(61)43-40-37-34-32-30-28-26-24-22-20-18-15-12-9-6-2)66-57(62)45-44-52(41-38-35-16-13-10-7-3)67-58(63)68-53-46-48-59(4)49-47-53/h17-20,23-26,52-54,57,62H,5-16,21-22,27-51H2,1-4H3/b19-17-,20-18-,25-23-,26-24-. The number of esters is 2. The molecule has 2 unspecified atom stereocenters. The molecule has 68 heavy (non-hydrogen) atoms. The second kappa shape index (κ2) is 47.7. The van der Waals surface area contributed by atoms with Crippen molar-refractivity contribution in [2.45, 2.75) is 270 Å². The topological polar surface area (TPSA) is 121 Å². The third kappa shape index (κ3) is 42.0. The average Bonchev–Trinajstić information content (AvgIpc) is 3.33. The first-order valence-electron chi connectivity index (χ1n) is 28.1. The van der Waals surface area contributed by atoms with Crippen LogP contribution >= 0.6 is 0 Å². The van der Waals surface area contributed by atoms with Gasteiger partial charge in [-0.15, -0.1) is 0 Å². The number of ether oxygens (including phenoxy) is 5. The van der Waals surface area contributed by atoms with Crippen LogP contribution in [0.5, 0.6) is 0 Å². The van der Waals surface area contributed by atoms with Crippen LogP contribution in [0.3, 0.4) is 0 Å². The molecule has 1 aliphatic heterocycles. The van der Waals surface area contributed by atoms with Crippen molar-refractivity contribution in [1.29, 1.82) is 0 Å². The van der Waals surface area contributed by atoms with Gasteiger partial charge in [-0.1, -0.05) is 166 Å². The van der Waals surface area contributed by atoms with Crippen LogP contribution in [0.4, 0.5) is 4.79 Å². The Kier molecular flexibility index (Phi) is 44.3. The van der Waals surface area contributed by atoms with Gasteiger partial charge in [0.25, 0.3) is 0 Å². The Labute approximate surface area is 416 Å². The number of aliphatic hydroxyl groups excluding tert-OH is 1. The lowest BCUT2D eigenvalue weighted by Gasteiger charge is -2.29. The van der Waals surface area contributed by atoms with Crippen molar-refractivity contribution >= 4 is 18.1 Å². The third-order valence-corrected chi connectivity index (χ3v) is 12.7. The monoisotopic (exact) mass is 958 g/mol. The molecule has 0 aromatic carbocycles. The summed E-state index contributed by atoms with van der Waals surface area (Å²) in [7, 11) is 2.06. The number of hydrogen-bond acceptors (Lipinski definition) is 10. The highest BCUT2D eigenvalue weighted by Crippen LogP contribution is 2.20. The van der Waals surface area contributed by atoms with Gasteiger partial charge in [-0.05, 0) is 116 Å². The molecule has 0 bridgehead atoms. The fraction of sp³-hybridized carbons (Fsp3) is 0.810. The lowest BCUT2D eigenvalue weighted by Crippen LogP contribution is -2.36. The molecule has 0 aliphatic carbocycles. The molecule has 10 nitrogen and oxygen atoms in total. The van der Waals surface area contributed by atoms with Gasteiger partial charge in [0.1, 0.15) is 31.5 Å². The third-order valence-electron chi connectivity index (χ3n) is 12.7. The summed E-state index contributed by atoms with van der Waals surface area (Å²) in [5, 5.41) is 11.1. The molecular formula is C58H103NO9. The van der Waals surface area contributed by atoms with Crippen LogP contribution in [-0.4, -0.2) is 86.1 Å². The maximum absolute atomic E-state index is 12.9. The molecule has 0 spiro atoms. The molecule has 10 heteroatoms. The van der Waals surface area contributed by atoms with Crippen molar-refractivity contribution in [3.63, 3.8) is 0 Å². The van der Waals surface area contributed by atoms with E-state index in [4.69, 9.17) is 23.7 Å². The highest BCUT2D eigenvalue weighted by Gasteiger charge is 2.25. The molecule has 1 heterocycles. The quantitative estimate of drug-likeness (QED) is 0.0208. The molecule has 0 radical (unpaired) electrons. The SMILES string of the molecule is CCCCC/C=C\C/C=C\CCCCCCCC(=O)OCC(COC(=O)CCCCCCC/C=C\C/C=C\CCCCC)OC(O)CCC(CCCCCCCC)OC(=O)OC1CCN(C)CC1. The predicted octanol–water partition coefficient (Wildman–Crippen LogP) is 15.6. The number of carbonyl (C=O) groups is 3. The van der Waals surface area contributed by atoms with Crippen LogP contribution in [-0.2, 0) is 33.3 Å². The van der Waals surface area contributed by atoms with Crippen molar-refractivity contribution in [3.05, 3.63) is 48.6 Å². The van der Waals surface area contributed by atoms with Crippen LogP contribution in [0.25, 0.3) is 0 Å². The van der Waals surface area contributed by atoms with Crippen molar-refractivity contribution < 1.29 is 43.2 Å². The molecule has 0 aromatic heterocycles. The number of hydrogen-bond donors (Lipinski definition) is 1. The van der Waals surface area contributed by atoms with Gasteiger partial charge in [0.2, 0.25) is 0 Å². The fourth-order valence-electron chi connectivity index (χ4n) is 8.24. The first kappa shape index (κ1) is 63.1. The highest BCUT2D eigenvalue weighted by molar-refractivity contribution is 5.69. The summed E-state index contributed by atoms with van der Waals surface area (Å²) in [6.07, 6.45) is 49.2. The number of nitrogens with zero attached hydrogens (tertiary/aromatic N) is 1. The highest BCUT2D eigenvalue weighted by atomic mass is 16.7. The molecule has 394 valence electrons. The summed E-state index contributed by atoms with van der Waals surface area (Å²) in [6, 6.07) is 0. The summed E-state index contributed by atoms with van der Waals surface area (Å²) in [6.45, 7) is 8.15. The molecule has 1 rings (SSSR count). The molecule has 1 N–H and O–H groups in total. The Morgan fingerprint density at radius 3 is 1.41 bits per heavy atom. The first-order chi connectivity index (χ1) is 33.3. The van der Waals surface area contributed by atoms with Gasteiger partial charge < -0.3 is 33.7 Å². The molecule has 1 fully saturated rings. The van der Waals surface area contributed by atoms with Crippen LogP contribution in [0.15, 0.2) is 48.6 Å². The van der Waals surface area contributed by atoms with E-state index >= 15 is 0 Å². The second-order valence-electron chi connectivity index (χ2n) is 19.3. The van der Waals surface area contributed by atoms with Gasteiger partial charge in [-0.25, -0.2) is 4.79 Å². The van der Waals surface area contributed by atoms with Crippen molar-refractivity contribution in [2.24, 2.45) is 0 Å². The van der Waals surface area contributed by atoms with E-state index < -0.39 is 24.7 Å². The first-order valence-corrected chi connectivity index (χ1v) is 28.1. The summed E-state index contributed by atoms with van der Waals surface area (Å²) < 4.78 is 28.7. The molecule has 0 aromatic rings. The number of likely N-dealkylation sites (tertiary alicyclic amines) is 1. The molecule has 0 saturated carbocycles. The average molecular weight is 958 g/mol. The van der Waals surface area contributed by atoms with Crippen molar-refractivity contribution in [1.82, 2.24) is 4.90 Å². The minimum Gasteiger partial charge on any atom is -0.463 e. The van der Waals surface area contributed by atoms with E-state index in [0.717, 1.165) is 135 Å². The van der Waals surface area contributed by atoms with Crippen LogP contribution in [0.1, 0.15) is 245 Å². The Morgan fingerprint density at radius 1 is 0.515 bits per heavy atom. The number of aliphatic hydroxyl groups is 1. The summed E-state index contributed by atoms with van der Waals surface area (Å²) in [5.74, 6) is -0.656. The second-order valence-corrected chi connectivity index (χ2v) is 19.3. The molecule has 0 amide bonds. The van der Waals surface area contributed by atoms with Gasteiger partial charge in [0, 0.05) is 32.4 Å². The van der Waals surface area contributed by atoms with Gasteiger partial charge in [-0.2, -0.15) is 0 Å². The minimum absolute atomic E-state index is 0.131. The predicted molar refractivity (Wildman–Crippen MR) is 281 cm³/mol. The van der Waals surface area contributed by atoms with E-state index in [1.165, 1.54) is 70.6 Å². The maximum Gasteiger partial charge on any atom is 0.508 e. The van der Waals surface area contributed by atoms with Gasteiger partial charge in [0.05, 0.1) is 0 Å². The van der Waals surface area contributed by atoms with Crippen LogP contribution in [0, 0.1) is 0 Å². The Bertz CT molecular complexity index is 1230. The molecule has 2 atom stereocenters. The zero-order chi connectivity index (χ0) is 49.4. The van der Waals surface area contributed by atoms with E-state index in [1.807, 2.05) is 0 Å². The Hall–Kier alpha value is -2.95. The Balaban J connectivity index is 2.60. The minimum atomic E-state index is -1.23. The lowest BCUT2D eigenvalue weighted by molar-refractivity contribution is -0.184. The molecule has 1 saturated heterocycles. The fourth-order valence-corrected chi connectivity index (χ4v) is 8.24. The Morgan fingerprint density at radius 2 is 0.926 bits per heavy atom. The van der Waals surface area contributed by atoms with Gasteiger partial charge in [0.15, 0.2) is 6.29 Å². The van der Waals surface area contributed by atoms with E-state index in [-0.39, 0.29) is 37.7 Å². The number of carbonyl (C=O) groups excluding carboxylic acids is 3. The number of rotatable bonds is 46. The maximum atomic E-state index is 12.9. The van der Waals surface area contributed by atoms with E-state index in [1.54, 1.807) is 0 Å². The van der Waals surface area contributed by atoms with E-state index in [9.17, 15) is 19.5 Å². The lowest BCUT2D eigenvalue weighted by atomic mass is 10.0. The number of allylic oxidation sites excluding steroid dienone is 8. The zero-order valence-electron chi connectivity index (χ0n) is 44.2. The molecular weight excluding hydrogens is 855 g/mol. The van der Waals surface area contributed by atoms with E-state index in [0.29, 0.717) is 25.7 Å². The van der Waals surface area contributed by atoms with Gasteiger partial charge >= 0.3 is 18.1 Å². The molecule has 1 aliphatic rings. The summed E-state index contributed by atoms with van der Waals surface area (Å²) in [4.78, 5) is 40.7. The normalized spacial score (nSPS) is 14.8. The summed E-state index contributed by atoms with van der Waals surface area (Å²) >= 11 is 0.